The molecule has 4 aromatic carbocycles. The van der Waals surface area contributed by atoms with Gasteiger partial charge >= 0.3 is 29.6 Å². The summed E-state index contributed by atoms with van der Waals surface area (Å²) in [4.78, 5) is 29.1. The van der Waals surface area contributed by atoms with Gasteiger partial charge in [0, 0.05) is 5.56 Å². The van der Waals surface area contributed by atoms with E-state index in [-0.39, 0.29) is 45.2 Å². The van der Waals surface area contributed by atoms with E-state index in [0.717, 1.165) is 11.3 Å². The molecule has 5 rings (SSSR count). The molecule has 0 aliphatic heterocycles. The van der Waals surface area contributed by atoms with Crippen LogP contribution in [0.5, 0.6) is 0 Å². The van der Waals surface area contributed by atoms with Crippen LogP contribution in [-0.4, -0.2) is 18.0 Å². The Hall–Kier alpha value is -3.52. The first kappa shape index (κ1) is 28.5. The van der Waals surface area contributed by atoms with Crippen LogP contribution >= 0.6 is 11.3 Å². The topological polar surface area (TPSA) is 153 Å². The summed E-state index contributed by atoms with van der Waals surface area (Å²) in [6.45, 7) is 1.57. The van der Waals surface area contributed by atoms with Crippen molar-refractivity contribution in [3.8, 4) is 10.6 Å². The smallest absolute Gasteiger partial charge is 0.744 e. The van der Waals surface area contributed by atoms with E-state index in [0.29, 0.717) is 37.7 Å². The van der Waals surface area contributed by atoms with Gasteiger partial charge < -0.3 is 4.55 Å². The first-order chi connectivity index (χ1) is 18.2. The molecule has 0 aliphatic rings. The SMILES string of the molecule is Cc1ccc2nc(-c3ccc(N/N=c4/ccc(=O)/c(=N\Nc5ccccc5)c4=O)cc3)sc2c1S(=O)(=O)[O-].[Na+]. The standard InChI is InChI=1S/C26H19N5O5S2.Na/c1-15-7-12-20-24(25(15)38(34,35)36)37-26(27-20)16-8-10-18(11-9-16)28-30-19-13-14-21(32)22(23(19)33)31-29-17-5-3-2-4-6-17;/h2-14,28-29H,1H3,(H,34,35,36);/q;+1/p-1/b30-19-,31-22+;. The molecule has 0 radical (unpaired) electrons. The Kier molecular flexibility index (Phi) is 8.54. The summed E-state index contributed by atoms with van der Waals surface area (Å²) in [6, 6.07) is 21.6. The molecule has 0 amide bonds. The van der Waals surface area contributed by atoms with Crippen LogP contribution in [0.2, 0.25) is 0 Å². The molecule has 1 heterocycles. The third kappa shape index (κ3) is 6.22. The number of para-hydroxylation sites is 1. The fraction of sp³-hybridized carbons (Fsp3) is 0.0385. The molecule has 13 heteroatoms. The second-order valence-corrected chi connectivity index (χ2v) is 10.5. The molecule has 0 saturated carbocycles. The molecule has 1 aromatic heterocycles. The maximum Gasteiger partial charge on any atom is 1.00 e. The molecule has 2 N–H and O–H groups in total. The van der Waals surface area contributed by atoms with E-state index in [9.17, 15) is 22.6 Å². The van der Waals surface area contributed by atoms with Crippen LogP contribution in [0.3, 0.4) is 0 Å². The predicted octanol–water partition coefficient (Wildman–Crippen LogP) is -0.369. The molecule has 0 atom stereocenters. The first-order valence-corrected chi connectivity index (χ1v) is 13.4. The van der Waals surface area contributed by atoms with Gasteiger partial charge in [0.05, 0.1) is 26.5 Å². The largest absolute Gasteiger partial charge is 1.00 e. The Morgan fingerprint density at radius 3 is 2.21 bits per heavy atom. The number of rotatable bonds is 6. The van der Waals surface area contributed by atoms with Gasteiger partial charge in [-0.15, -0.1) is 11.3 Å². The number of anilines is 2. The van der Waals surface area contributed by atoms with Gasteiger partial charge in [-0.2, -0.15) is 10.2 Å². The van der Waals surface area contributed by atoms with Crippen molar-refractivity contribution >= 4 is 43.0 Å². The van der Waals surface area contributed by atoms with E-state index >= 15 is 0 Å². The average molecular weight is 568 g/mol. The van der Waals surface area contributed by atoms with Crippen molar-refractivity contribution in [3.05, 3.63) is 116 Å². The number of nitrogens with one attached hydrogen (secondary N) is 2. The van der Waals surface area contributed by atoms with Gasteiger partial charge in [-0.05, 0) is 67.1 Å². The number of hydrogen-bond acceptors (Lipinski definition) is 11. The summed E-state index contributed by atoms with van der Waals surface area (Å²) in [5.41, 5.74) is 7.02. The molecular weight excluding hydrogens is 549 g/mol. The monoisotopic (exact) mass is 567 g/mol. The molecule has 0 unspecified atom stereocenters. The van der Waals surface area contributed by atoms with Crippen LogP contribution in [0.15, 0.2) is 104 Å². The summed E-state index contributed by atoms with van der Waals surface area (Å²) < 4.78 is 35.6. The van der Waals surface area contributed by atoms with E-state index < -0.39 is 21.0 Å². The van der Waals surface area contributed by atoms with Gasteiger partial charge in [-0.1, -0.05) is 24.3 Å². The minimum Gasteiger partial charge on any atom is -0.744 e. The number of aryl methyl sites for hydroxylation is 1. The molecular formula is C26H18N5NaO5S2. The summed E-state index contributed by atoms with van der Waals surface area (Å²) in [6.07, 6.45) is 0. The van der Waals surface area contributed by atoms with Crippen molar-refractivity contribution < 1.29 is 42.5 Å². The summed E-state index contributed by atoms with van der Waals surface area (Å²) >= 11 is 1.12. The Balaban J connectivity index is 0.00000353. The fourth-order valence-corrected chi connectivity index (χ4v) is 5.97. The molecule has 10 nitrogen and oxygen atoms in total. The summed E-state index contributed by atoms with van der Waals surface area (Å²) in [7, 11) is -4.65. The van der Waals surface area contributed by atoms with Gasteiger partial charge in [0.1, 0.15) is 20.5 Å². The van der Waals surface area contributed by atoms with Crippen LogP contribution in [0.25, 0.3) is 20.8 Å². The molecule has 5 aromatic rings. The van der Waals surface area contributed by atoms with Crippen LogP contribution in [0.1, 0.15) is 5.56 Å². The van der Waals surface area contributed by atoms with E-state index in [1.165, 1.54) is 12.1 Å². The number of hydrogen-bond donors (Lipinski definition) is 2. The third-order valence-corrected chi connectivity index (χ3v) is 7.83. The Labute approximate surface area is 248 Å². The van der Waals surface area contributed by atoms with Crippen LogP contribution < -0.4 is 62.0 Å². The molecule has 0 fully saturated rings. The Morgan fingerprint density at radius 2 is 1.51 bits per heavy atom. The number of aromatic nitrogens is 1. The molecule has 39 heavy (non-hydrogen) atoms. The Morgan fingerprint density at radius 1 is 0.846 bits per heavy atom. The zero-order valence-corrected chi connectivity index (χ0v) is 24.3. The van der Waals surface area contributed by atoms with Crippen molar-refractivity contribution in [2.75, 3.05) is 10.9 Å². The fourth-order valence-electron chi connectivity index (χ4n) is 3.68. The molecule has 0 spiro atoms. The maximum absolute atomic E-state index is 12.7. The van der Waals surface area contributed by atoms with Crippen molar-refractivity contribution in [3.63, 3.8) is 0 Å². The zero-order chi connectivity index (χ0) is 26.9. The summed E-state index contributed by atoms with van der Waals surface area (Å²) in [5.74, 6) is 0. The van der Waals surface area contributed by atoms with Gasteiger partial charge in [-0.3, -0.25) is 20.4 Å². The quantitative estimate of drug-likeness (QED) is 0.160. The van der Waals surface area contributed by atoms with Crippen molar-refractivity contribution in [2.45, 2.75) is 11.8 Å². The molecule has 0 saturated heterocycles. The van der Waals surface area contributed by atoms with E-state index in [1.54, 1.807) is 67.6 Å². The van der Waals surface area contributed by atoms with Gasteiger partial charge in [0.2, 0.25) is 10.9 Å². The van der Waals surface area contributed by atoms with Crippen molar-refractivity contribution in [2.24, 2.45) is 10.2 Å². The molecule has 0 aliphatic carbocycles. The number of nitrogens with zero attached hydrogens (tertiary/aromatic N) is 3. The average Bonchev–Trinajstić information content (AvgIpc) is 3.32. The Bertz CT molecular complexity index is 2000. The van der Waals surface area contributed by atoms with Crippen molar-refractivity contribution in [1.82, 2.24) is 4.98 Å². The second kappa shape index (κ2) is 11.7. The van der Waals surface area contributed by atoms with Crippen LogP contribution in [0.4, 0.5) is 11.4 Å². The number of fused-ring (bicyclic) bond motifs is 1. The minimum absolute atomic E-state index is 0. The van der Waals surface area contributed by atoms with Gasteiger partial charge in [-0.25, -0.2) is 13.4 Å². The minimum atomic E-state index is -4.65. The normalized spacial score (nSPS) is 12.4. The van der Waals surface area contributed by atoms with Crippen LogP contribution in [-0.2, 0) is 10.1 Å². The number of benzene rings is 4. The first-order valence-electron chi connectivity index (χ1n) is 11.2. The van der Waals surface area contributed by atoms with Crippen LogP contribution in [0, 0.1) is 6.92 Å². The molecule has 190 valence electrons. The summed E-state index contributed by atoms with van der Waals surface area (Å²) in [5, 5.41) is 8.34. The van der Waals surface area contributed by atoms with Gasteiger partial charge in [0.15, 0.2) is 5.36 Å². The van der Waals surface area contributed by atoms with E-state index in [1.807, 2.05) is 6.07 Å². The maximum atomic E-state index is 12.7. The van der Waals surface area contributed by atoms with E-state index in [4.69, 9.17) is 0 Å². The second-order valence-electron chi connectivity index (χ2n) is 8.18. The van der Waals surface area contributed by atoms with Gasteiger partial charge in [0.25, 0.3) is 0 Å². The predicted molar refractivity (Wildman–Crippen MR) is 144 cm³/mol. The molecule has 0 bridgehead atoms. The van der Waals surface area contributed by atoms with Crippen molar-refractivity contribution in [1.29, 1.82) is 0 Å². The zero-order valence-electron chi connectivity index (χ0n) is 20.7. The third-order valence-electron chi connectivity index (χ3n) is 5.54. The van der Waals surface area contributed by atoms with E-state index in [2.05, 4.69) is 26.0 Å². The number of thiazole rings is 1.